The number of aryl methyl sites for hydroxylation is 2. The largest absolute Gasteiger partial charge is 0.326 e. The van der Waals surface area contributed by atoms with E-state index in [0.29, 0.717) is 17.1 Å². The van der Waals surface area contributed by atoms with E-state index in [4.69, 9.17) is 0 Å². The van der Waals surface area contributed by atoms with Crippen molar-refractivity contribution in [1.29, 1.82) is 0 Å². The van der Waals surface area contributed by atoms with E-state index in [0.717, 1.165) is 21.7 Å². The molecular weight excluding hydrogens is 366 g/mol. The van der Waals surface area contributed by atoms with E-state index in [-0.39, 0.29) is 12.5 Å². The number of nitrogens with zero attached hydrogens (tertiary/aromatic N) is 1. The normalized spacial score (nSPS) is 11.0. The maximum absolute atomic E-state index is 12.4. The Kier molecular flexibility index (Phi) is 6.22. The molecule has 144 valence electrons. The van der Waals surface area contributed by atoms with Crippen LogP contribution in [0.3, 0.4) is 0 Å². The van der Waals surface area contributed by atoms with Crippen LogP contribution in [-0.2, 0) is 19.6 Å². The van der Waals surface area contributed by atoms with Crippen LogP contribution >= 0.6 is 0 Å². The van der Waals surface area contributed by atoms with Crippen LogP contribution in [0.25, 0.3) is 0 Å². The van der Waals surface area contributed by atoms with Crippen molar-refractivity contribution < 1.29 is 18.0 Å². The molecule has 2 N–H and O–H groups in total. The minimum atomic E-state index is -3.71. The Morgan fingerprint density at radius 1 is 0.963 bits per heavy atom. The molecule has 0 aliphatic heterocycles. The molecule has 2 aromatic carbocycles. The van der Waals surface area contributed by atoms with Crippen molar-refractivity contribution in [2.75, 3.05) is 27.7 Å². The summed E-state index contributed by atoms with van der Waals surface area (Å²) >= 11 is 0. The summed E-state index contributed by atoms with van der Waals surface area (Å²) in [5.74, 6) is -0.737. The molecule has 0 spiro atoms. The fourth-order valence-electron chi connectivity index (χ4n) is 2.49. The number of benzene rings is 2. The Bertz CT molecular complexity index is 971. The van der Waals surface area contributed by atoms with Crippen LogP contribution < -0.4 is 14.9 Å². The number of sulfonamides is 1. The van der Waals surface area contributed by atoms with E-state index in [2.05, 4.69) is 10.6 Å². The molecule has 0 aliphatic carbocycles. The Morgan fingerprint density at radius 3 is 2.22 bits per heavy atom. The number of hydrogen-bond acceptors (Lipinski definition) is 4. The summed E-state index contributed by atoms with van der Waals surface area (Å²) in [6, 6.07) is 11.8. The lowest BCUT2D eigenvalue weighted by Gasteiger charge is -2.22. The number of anilines is 3. The van der Waals surface area contributed by atoms with Crippen molar-refractivity contribution in [2.24, 2.45) is 0 Å². The number of hydrogen-bond donors (Lipinski definition) is 2. The zero-order valence-corrected chi connectivity index (χ0v) is 16.6. The lowest BCUT2D eigenvalue weighted by atomic mass is 10.1. The first kappa shape index (κ1) is 20.4. The van der Waals surface area contributed by atoms with Gasteiger partial charge >= 0.3 is 0 Å². The Balaban J connectivity index is 2.23. The van der Waals surface area contributed by atoms with Crippen LogP contribution in [0, 0.1) is 13.8 Å². The van der Waals surface area contributed by atoms with Gasteiger partial charge in [-0.2, -0.15) is 0 Å². The van der Waals surface area contributed by atoms with Gasteiger partial charge in [0.2, 0.25) is 21.8 Å². The minimum Gasteiger partial charge on any atom is -0.326 e. The van der Waals surface area contributed by atoms with E-state index < -0.39 is 15.9 Å². The monoisotopic (exact) mass is 389 g/mol. The molecule has 0 saturated heterocycles. The molecule has 27 heavy (non-hydrogen) atoms. The molecule has 0 heterocycles. The lowest BCUT2D eigenvalue weighted by Crippen LogP contribution is -2.37. The highest BCUT2D eigenvalue weighted by Crippen LogP contribution is 2.22. The van der Waals surface area contributed by atoms with E-state index in [1.54, 1.807) is 24.3 Å². The Morgan fingerprint density at radius 2 is 1.63 bits per heavy atom. The van der Waals surface area contributed by atoms with Crippen molar-refractivity contribution in [1.82, 2.24) is 0 Å². The van der Waals surface area contributed by atoms with Gasteiger partial charge in [0, 0.05) is 18.3 Å². The molecule has 2 aromatic rings. The van der Waals surface area contributed by atoms with Crippen molar-refractivity contribution in [2.45, 2.75) is 20.8 Å². The summed E-state index contributed by atoms with van der Waals surface area (Å²) in [6.07, 6.45) is 1.03. The van der Waals surface area contributed by atoms with Crippen molar-refractivity contribution >= 4 is 38.9 Å². The molecule has 2 rings (SSSR count). The first-order valence-electron chi connectivity index (χ1n) is 8.29. The molecule has 2 amide bonds. The van der Waals surface area contributed by atoms with Crippen LogP contribution in [0.15, 0.2) is 42.5 Å². The fourth-order valence-corrected chi connectivity index (χ4v) is 3.34. The SMILES string of the molecule is CC(=O)Nc1cccc(N(CC(=O)Nc2ccc(C)c(C)c2)S(C)(=O)=O)c1. The summed E-state index contributed by atoms with van der Waals surface area (Å²) in [4.78, 5) is 23.6. The summed E-state index contributed by atoms with van der Waals surface area (Å²) < 4.78 is 25.4. The summed E-state index contributed by atoms with van der Waals surface area (Å²) in [6.45, 7) is 4.88. The zero-order valence-electron chi connectivity index (χ0n) is 15.7. The first-order valence-corrected chi connectivity index (χ1v) is 10.1. The van der Waals surface area contributed by atoms with Gasteiger partial charge in [0.1, 0.15) is 6.54 Å². The van der Waals surface area contributed by atoms with Gasteiger partial charge in [-0.3, -0.25) is 13.9 Å². The average Bonchev–Trinajstić information content (AvgIpc) is 2.54. The topological polar surface area (TPSA) is 95.6 Å². The third-order valence-electron chi connectivity index (χ3n) is 3.93. The van der Waals surface area contributed by atoms with Crippen LogP contribution in [0.2, 0.25) is 0 Å². The molecule has 0 radical (unpaired) electrons. The maximum Gasteiger partial charge on any atom is 0.245 e. The highest BCUT2D eigenvalue weighted by Gasteiger charge is 2.21. The smallest absolute Gasteiger partial charge is 0.245 e. The predicted octanol–water partition coefficient (Wildman–Crippen LogP) is 2.67. The number of nitrogens with one attached hydrogen (secondary N) is 2. The molecule has 0 bridgehead atoms. The molecule has 0 saturated carbocycles. The third-order valence-corrected chi connectivity index (χ3v) is 5.07. The second kappa shape index (κ2) is 8.22. The summed E-state index contributed by atoms with van der Waals surface area (Å²) in [5.41, 5.74) is 3.46. The highest BCUT2D eigenvalue weighted by molar-refractivity contribution is 7.92. The van der Waals surface area contributed by atoms with Crippen LogP contribution in [0.1, 0.15) is 18.1 Å². The summed E-state index contributed by atoms with van der Waals surface area (Å²) in [5, 5.41) is 5.31. The highest BCUT2D eigenvalue weighted by atomic mass is 32.2. The number of carbonyl (C=O) groups excluding carboxylic acids is 2. The first-order chi connectivity index (χ1) is 12.6. The quantitative estimate of drug-likeness (QED) is 0.794. The van der Waals surface area contributed by atoms with Crippen molar-refractivity contribution in [3.8, 4) is 0 Å². The summed E-state index contributed by atoms with van der Waals surface area (Å²) in [7, 11) is -3.71. The molecule has 0 atom stereocenters. The molecule has 7 nitrogen and oxygen atoms in total. The van der Waals surface area contributed by atoms with Crippen molar-refractivity contribution in [3.63, 3.8) is 0 Å². The van der Waals surface area contributed by atoms with Gasteiger partial charge in [0.25, 0.3) is 0 Å². The van der Waals surface area contributed by atoms with Gasteiger partial charge < -0.3 is 10.6 Å². The second-order valence-corrected chi connectivity index (χ2v) is 8.26. The number of rotatable bonds is 6. The van der Waals surface area contributed by atoms with Crippen LogP contribution in [0.5, 0.6) is 0 Å². The molecule has 0 aromatic heterocycles. The molecule has 8 heteroatoms. The van der Waals surface area contributed by atoms with E-state index in [1.807, 2.05) is 26.0 Å². The standard InChI is InChI=1S/C19H23N3O4S/c1-13-8-9-17(10-14(13)2)21-19(24)12-22(27(4,25)26)18-7-5-6-16(11-18)20-15(3)23/h5-11H,12H2,1-4H3,(H,20,23)(H,21,24). The van der Waals surface area contributed by atoms with Gasteiger partial charge in [-0.1, -0.05) is 12.1 Å². The lowest BCUT2D eigenvalue weighted by molar-refractivity contribution is -0.115. The zero-order chi connectivity index (χ0) is 20.2. The predicted molar refractivity (Wildman–Crippen MR) is 107 cm³/mol. The molecule has 0 fully saturated rings. The number of amides is 2. The van der Waals surface area contributed by atoms with E-state index >= 15 is 0 Å². The van der Waals surface area contributed by atoms with Gasteiger partial charge in [0.05, 0.1) is 11.9 Å². The minimum absolute atomic E-state index is 0.273. The van der Waals surface area contributed by atoms with E-state index in [1.165, 1.54) is 13.0 Å². The van der Waals surface area contributed by atoms with Crippen LogP contribution in [0.4, 0.5) is 17.1 Å². The van der Waals surface area contributed by atoms with Gasteiger partial charge in [-0.15, -0.1) is 0 Å². The van der Waals surface area contributed by atoms with Gasteiger partial charge in [-0.05, 0) is 55.3 Å². The van der Waals surface area contributed by atoms with Gasteiger partial charge in [0.15, 0.2) is 0 Å². The van der Waals surface area contributed by atoms with Gasteiger partial charge in [-0.25, -0.2) is 8.42 Å². The average molecular weight is 389 g/mol. The molecule has 0 aliphatic rings. The fraction of sp³-hybridized carbons (Fsp3) is 0.263. The number of carbonyl (C=O) groups is 2. The van der Waals surface area contributed by atoms with Crippen LogP contribution in [-0.4, -0.2) is 33.0 Å². The molecular formula is C19H23N3O4S. The second-order valence-electron chi connectivity index (χ2n) is 6.35. The van der Waals surface area contributed by atoms with Crippen molar-refractivity contribution in [3.05, 3.63) is 53.6 Å². The van der Waals surface area contributed by atoms with E-state index in [9.17, 15) is 18.0 Å². The molecule has 0 unspecified atom stereocenters. The Hall–Kier alpha value is -2.87. The Labute approximate surface area is 159 Å². The third kappa shape index (κ3) is 5.82. The maximum atomic E-state index is 12.4.